The number of rotatable bonds is 11. The Balaban J connectivity index is 1.30. The van der Waals surface area contributed by atoms with Gasteiger partial charge in [-0.25, -0.2) is 10.3 Å². The summed E-state index contributed by atoms with van der Waals surface area (Å²) in [5.41, 5.74) is 5.81. The van der Waals surface area contributed by atoms with Crippen LogP contribution in [0.4, 0.5) is 0 Å². The summed E-state index contributed by atoms with van der Waals surface area (Å²) in [6, 6.07) is 16.1. The van der Waals surface area contributed by atoms with Gasteiger partial charge in [0.1, 0.15) is 5.58 Å². The van der Waals surface area contributed by atoms with Crippen molar-refractivity contribution in [1.29, 1.82) is 0 Å². The average molecular weight is 491 g/mol. The van der Waals surface area contributed by atoms with Gasteiger partial charge in [0.15, 0.2) is 0 Å². The molecule has 36 heavy (non-hydrogen) atoms. The Morgan fingerprint density at radius 2 is 1.72 bits per heavy atom. The molecule has 1 unspecified atom stereocenters. The van der Waals surface area contributed by atoms with Crippen molar-refractivity contribution in [3.63, 3.8) is 0 Å². The first kappa shape index (κ1) is 26.1. The zero-order chi connectivity index (χ0) is 25.3. The number of aryl methyl sites for hydroxylation is 3. The van der Waals surface area contributed by atoms with E-state index < -0.39 is 17.5 Å². The molecule has 6 heteroatoms. The highest BCUT2D eigenvalue weighted by molar-refractivity contribution is 5.79. The number of amides is 1. The molecule has 1 saturated heterocycles. The number of nitrogens with zero attached hydrogens (tertiary/aromatic N) is 1. The summed E-state index contributed by atoms with van der Waals surface area (Å²) < 4.78 is 5.49. The van der Waals surface area contributed by atoms with E-state index in [4.69, 9.17) is 4.42 Å². The van der Waals surface area contributed by atoms with Gasteiger partial charge in [-0.15, -0.1) is 0 Å². The average Bonchev–Trinajstić information content (AvgIpc) is 2.90. The van der Waals surface area contributed by atoms with E-state index in [2.05, 4.69) is 29.2 Å². The second-order valence-electron chi connectivity index (χ2n) is 10.2. The molecule has 1 fully saturated rings. The van der Waals surface area contributed by atoms with Crippen LogP contribution in [0.5, 0.6) is 0 Å². The lowest BCUT2D eigenvalue weighted by atomic mass is 9.92. The van der Waals surface area contributed by atoms with Crippen LogP contribution in [0, 0.1) is 12.8 Å². The molecular formula is C30H38N2O4. The van der Waals surface area contributed by atoms with Gasteiger partial charge in [0.05, 0.1) is 0 Å². The maximum Gasteiger partial charge on any atom is 0.339 e. The molecule has 1 aliphatic heterocycles. The summed E-state index contributed by atoms with van der Waals surface area (Å²) in [5.74, 6) is -1.01. The van der Waals surface area contributed by atoms with Gasteiger partial charge in [0.2, 0.25) is 5.91 Å². The van der Waals surface area contributed by atoms with Crippen LogP contribution in [0.3, 0.4) is 0 Å². The highest BCUT2D eigenvalue weighted by Gasteiger charge is 2.21. The van der Waals surface area contributed by atoms with Crippen LogP contribution in [0.15, 0.2) is 57.7 Å². The molecule has 2 aromatic carbocycles. The molecule has 0 radical (unpaired) electrons. The van der Waals surface area contributed by atoms with Crippen molar-refractivity contribution in [1.82, 2.24) is 10.4 Å². The molecule has 1 aliphatic rings. The van der Waals surface area contributed by atoms with Crippen LogP contribution in [0.1, 0.15) is 60.8 Å². The third kappa shape index (κ3) is 7.28. The number of benzene rings is 2. The molecule has 6 nitrogen and oxygen atoms in total. The number of carbonyl (C=O) groups is 1. The van der Waals surface area contributed by atoms with Crippen LogP contribution in [-0.2, 0) is 24.1 Å². The molecule has 3 aromatic rings. The Bertz CT molecular complexity index is 1200. The Hall–Kier alpha value is -2.96. The fourth-order valence-corrected chi connectivity index (χ4v) is 5.15. The lowest BCUT2D eigenvalue weighted by molar-refractivity contribution is -0.133. The number of carbonyl (C=O) groups excluding carboxylic acids is 1. The normalized spacial score (nSPS) is 15.2. The van der Waals surface area contributed by atoms with E-state index in [0.29, 0.717) is 24.0 Å². The van der Waals surface area contributed by atoms with Crippen molar-refractivity contribution in [3.8, 4) is 0 Å². The smallest absolute Gasteiger partial charge is 0.339 e. The van der Waals surface area contributed by atoms with Gasteiger partial charge in [0, 0.05) is 16.9 Å². The minimum Gasteiger partial charge on any atom is -0.423 e. The number of hydroxylamine groups is 1. The molecule has 2 heterocycles. The van der Waals surface area contributed by atoms with Crippen molar-refractivity contribution < 1.29 is 14.4 Å². The maximum atomic E-state index is 12.5. The molecule has 1 amide bonds. The maximum absolute atomic E-state index is 12.5. The molecular weight excluding hydrogens is 452 g/mol. The second-order valence-corrected chi connectivity index (χ2v) is 10.2. The van der Waals surface area contributed by atoms with Gasteiger partial charge in [0.25, 0.3) is 0 Å². The van der Waals surface area contributed by atoms with Gasteiger partial charge in [-0.2, -0.15) is 0 Å². The molecule has 0 spiro atoms. The fraction of sp³-hybridized carbons (Fsp3) is 0.467. The van der Waals surface area contributed by atoms with Crippen molar-refractivity contribution in [2.75, 3.05) is 19.6 Å². The molecule has 192 valence electrons. The first-order chi connectivity index (χ1) is 17.5. The number of nitrogens with one attached hydrogen (secondary N) is 1. The zero-order valence-corrected chi connectivity index (χ0v) is 21.3. The quantitative estimate of drug-likeness (QED) is 0.167. The number of hydrogen-bond donors (Lipinski definition) is 2. The summed E-state index contributed by atoms with van der Waals surface area (Å²) in [7, 11) is 0. The minimum atomic E-state index is -0.532. The molecule has 0 bridgehead atoms. The molecule has 0 saturated carbocycles. The molecule has 2 N–H and O–H groups in total. The van der Waals surface area contributed by atoms with Crippen LogP contribution in [0.25, 0.3) is 11.0 Å². The summed E-state index contributed by atoms with van der Waals surface area (Å²) in [6.07, 6.45) is 9.01. The Morgan fingerprint density at radius 1 is 1.00 bits per heavy atom. The summed E-state index contributed by atoms with van der Waals surface area (Å²) in [6.45, 7) is 5.67. The summed E-state index contributed by atoms with van der Waals surface area (Å²) in [4.78, 5) is 27.5. The summed E-state index contributed by atoms with van der Waals surface area (Å²) in [5, 5.41) is 10.1. The Kier molecular flexibility index (Phi) is 9.31. The standard InChI is InChI=1S/C30H38N2O4/c1-22-8-14-25-20-27(30(34)36-28(25)19-22)21-26(29(33)31-35)15-13-24-11-9-23(10-12-24)7-3-6-18-32-16-4-2-5-17-32/h8-12,14,19-20,26,35H,2-7,13,15-18,21H2,1H3,(H,31,33). The van der Waals surface area contributed by atoms with Crippen molar-refractivity contribution in [2.45, 2.75) is 64.7 Å². The number of fused-ring (bicyclic) bond motifs is 1. The van der Waals surface area contributed by atoms with E-state index in [1.807, 2.05) is 25.1 Å². The van der Waals surface area contributed by atoms with E-state index in [1.54, 1.807) is 11.5 Å². The Labute approximate surface area is 213 Å². The SMILES string of the molecule is Cc1ccc2cc(CC(CCc3ccc(CCCCN4CCCCC4)cc3)C(=O)NO)c(=O)oc2c1. The number of piperidine rings is 1. The van der Waals surface area contributed by atoms with Gasteiger partial charge < -0.3 is 9.32 Å². The Morgan fingerprint density at radius 3 is 2.44 bits per heavy atom. The molecule has 1 atom stereocenters. The van der Waals surface area contributed by atoms with Gasteiger partial charge in [-0.05, 0) is 107 Å². The zero-order valence-electron chi connectivity index (χ0n) is 21.3. The van der Waals surface area contributed by atoms with Crippen LogP contribution < -0.4 is 11.1 Å². The van der Waals surface area contributed by atoms with Gasteiger partial charge in [-0.3, -0.25) is 10.0 Å². The third-order valence-electron chi connectivity index (χ3n) is 7.35. The van der Waals surface area contributed by atoms with E-state index in [0.717, 1.165) is 22.9 Å². The monoisotopic (exact) mass is 490 g/mol. The van der Waals surface area contributed by atoms with Gasteiger partial charge >= 0.3 is 5.63 Å². The van der Waals surface area contributed by atoms with Crippen molar-refractivity contribution in [3.05, 3.63) is 81.2 Å². The van der Waals surface area contributed by atoms with Gasteiger partial charge in [-0.1, -0.05) is 42.8 Å². The fourth-order valence-electron chi connectivity index (χ4n) is 5.15. The number of hydrogen-bond acceptors (Lipinski definition) is 5. The van der Waals surface area contributed by atoms with E-state index in [1.165, 1.54) is 57.3 Å². The molecule has 4 rings (SSSR count). The van der Waals surface area contributed by atoms with E-state index in [-0.39, 0.29) is 6.42 Å². The van der Waals surface area contributed by atoms with Crippen molar-refractivity contribution >= 4 is 16.9 Å². The predicted octanol–water partition coefficient (Wildman–Crippen LogP) is 5.21. The first-order valence-electron chi connectivity index (χ1n) is 13.3. The number of unbranched alkanes of at least 4 members (excludes halogenated alkanes) is 1. The summed E-state index contributed by atoms with van der Waals surface area (Å²) >= 11 is 0. The van der Waals surface area contributed by atoms with Crippen LogP contribution in [-0.4, -0.2) is 35.6 Å². The van der Waals surface area contributed by atoms with Crippen LogP contribution in [0.2, 0.25) is 0 Å². The topological polar surface area (TPSA) is 82.8 Å². The number of likely N-dealkylation sites (tertiary alicyclic amines) is 1. The minimum absolute atomic E-state index is 0.216. The van der Waals surface area contributed by atoms with Crippen molar-refractivity contribution in [2.24, 2.45) is 5.92 Å². The second kappa shape index (κ2) is 12.8. The predicted molar refractivity (Wildman–Crippen MR) is 142 cm³/mol. The molecule has 0 aliphatic carbocycles. The largest absolute Gasteiger partial charge is 0.423 e. The highest BCUT2D eigenvalue weighted by atomic mass is 16.5. The highest BCUT2D eigenvalue weighted by Crippen LogP contribution is 2.20. The van der Waals surface area contributed by atoms with E-state index >= 15 is 0 Å². The van der Waals surface area contributed by atoms with E-state index in [9.17, 15) is 14.8 Å². The molecule has 1 aromatic heterocycles. The first-order valence-corrected chi connectivity index (χ1v) is 13.3. The lowest BCUT2D eigenvalue weighted by Gasteiger charge is -2.26. The van der Waals surface area contributed by atoms with Crippen LogP contribution >= 0.6 is 0 Å². The third-order valence-corrected chi connectivity index (χ3v) is 7.35. The lowest BCUT2D eigenvalue weighted by Crippen LogP contribution is -2.31.